The van der Waals surface area contributed by atoms with Crippen molar-refractivity contribution in [1.82, 2.24) is 14.3 Å². The summed E-state index contributed by atoms with van der Waals surface area (Å²) in [6.07, 6.45) is 2.60. The summed E-state index contributed by atoms with van der Waals surface area (Å²) in [7, 11) is -5.52. The van der Waals surface area contributed by atoms with Crippen LogP contribution in [0.5, 0.6) is 0 Å². The van der Waals surface area contributed by atoms with Crippen LogP contribution in [0.15, 0.2) is 54.7 Å². The van der Waals surface area contributed by atoms with Gasteiger partial charge in [-0.05, 0) is 42.5 Å². The number of hydrogen-bond acceptors (Lipinski definition) is 5. The Hall–Kier alpha value is -3.05. The number of nitrogens with two attached hydrogens (primary N) is 1. The van der Waals surface area contributed by atoms with Crippen molar-refractivity contribution in [3.05, 3.63) is 77.1 Å². The number of fused-ring (bicyclic) bond motifs is 1. The zero-order chi connectivity index (χ0) is 24.5. The first-order valence-corrected chi connectivity index (χ1v) is 12.2. The highest BCUT2D eigenvalue weighted by Gasteiger charge is 2.51. The molecule has 3 N–H and O–H groups in total. The number of alkyl halides is 3. The number of benzene rings is 2. The Morgan fingerprint density at radius 2 is 1.88 bits per heavy atom. The maximum Gasteiger partial charge on any atom is 0.511 e. The fraction of sp³-hybridized carbons (Fsp3) is 0.348. The molecule has 1 atom stereocenters. The van der Waals surface area contributed by atoms with Gasteiger partial charge in [0.2, 0.25) is 0 Å². The Labute approximate surface area is 196 Å². The topological polar surface area (TPSA) is 95.3 Å². The average molecular weight is 494 g/mol. The Morgan fingerprint density at radius 1 is 1.15 bits per heavy atom. The second-order valence-corrected chi connectivity index (χ2v) is 10.3. The van der Waals surface area contributed by atoms with Crippen LogP contribution in [0.25, 0.3) is 0 Å². The van der Waals surface area contributed by atoms with Gasteiger partial charge in [-0.3, -0.25) is 0 Å². The quantitative estimate of drug-likeness (QED) is 0.542. The van der Waals surface area contributed by atoms with E-state index in [1.54, 1.807) is 19.2 Å². The molecule has 1 aliphatic heterocycles. The molecule has 182 valence electrons. The average Bonchev–Trinajstić information content (AvgIpc) is 3.12. The summed E-state index contributed by atoms with van der Waals surface area (Å²) in [5, 5.41) is 0. The molecule has 4 rings (SSSR count). The molecule has 34 heavy (non-hydrogen) atoms. The van der Waals surface area contributed by atoms with Gasteiger partial charge >= 0.3 is 15.5 Å². The van der Waals surface area contributed by atoms with Crippen LogP contribution in [0, 0.1) is 6.92 Å². The Morgan fingerprint density at radius 3 is 2.53 bits per heavy atom. The van der Waals surface area contributed by atoms with Crippen molar-refractivity contribution in [2.45, 2.75) is 44.4 Å². The lowest BCUT2D eigenvalue weighted by Crippen LogP contribution is -2.47. The SMILES string of the molecule is Cc1cccc2c1CN(S(=O)(=O)C(F)(F)F)C[C@H](CCc1ccccc1)N2Cc1cnc(N)[nH]1. The molecular weight excluding hydrogens is 467 g/mol. The van der Waals surface area contributed by atoms with Gasteiger partial charge in [-0.25, -0.2) is 13.4 Å². The third kappa shape index (κ3) is 4.90. The number of imidazole rings is 1. The van der Waals surface area contributed by atoms with Gasteiger partial charge in [0.1, 0.15) is 0 Å². The summed E-state index contributed by atoms with van der Waals surface area (Å²) in [6, 6.07) is 14.5. The number of halogens is 3. The molecular formula is C23H26F3N5O2S. The molecule has 0 unspecified atom stereocenters. The number of nitrogen functional groups attached to an aromatic ring is 1. The lowest BCUT2D eigenvalue weighted by atomic mass is 10.0. The first kappa shape index (κ1) is 24.1. The molecule has 0 radical (unpaired) electrons. The van der Waals surface area contributed by atoms with Crippen molar-refractivity contribution in [2.24, 2.45) is 0 Å². The van der Waals surface area contributed by atoms with Crippen LogP contribution in [0.4, 0.5) is 24.8 Å². The van der Waals surface area contributed by atoms with Crippen molar-refractivity contribution in [1.29, 1.82) is 0 Å². The highest BCUT2D eigenvalue weighted by molar-refractivity contribution is 7.89. The second kappa shape index (κ2) is 9.30. The molecule has 1 aliphatic rings. The number of nitrogens with one attached hydrogen (secondary N) is 1. The summed E-state index contributed by atoms with van der Waals surface area (Å²) in [5.74, 6) is 0.233. The van der Waals surface area contributed by atoms with E-state index in [9.17, 15) is 21.6 Å². The molecule has 11 heteroatoms. The summed E-state index contributed by atoms with van der Waals surface area (Å²) in [4.78, 5) is 8.95. The van der Waals surface area contributed by atoms with Crippen molar-refractivity contribution in [3.8, 4) is 0 Å². The van der Waals surface area contributed by atoms with Gasteiger partial charge in [0.05, 0.1) is 18.4 Å². The number of nitrogens with zero attached hydrogens (tertiary/aromatic N) is 3. The number of rotatable bonds is 6. The number of anilines is 2. The number of H-pyrrole nitrogens is 1. The minimum Gasteiger partial charge on any atom is -0.369 e. The maximum absolute atomic E-state index is 13.6. The highest BCUT2D eigenvalue weighted by atomic mass is 32.2. The molecule has 0 saturated heterocycles. The predicted molar refractivity (Wildman–Crippen MR) is 124 cm³/mol. The predicted octanol–water partition coefficient (Wildman–Crippen LogP) is 3.97. The molecule has 0 amide bonds. The van der Waals surface area contributed by atoms with Gasteiger partial charge in [-0.2, -0.15) is 17.5 Å². The summed E-state index contributed by atoms with van der Waals surface area (Å²) >= 11 is 0. The molecule has 2 aromatic carbocycles. The van der Waals surface area contributed by atoms with E-state index in [4.69, 9.17) is 5.73 Å². The van der Waals surface area contributed by atoms with E-state index in [2.05, 4.69) is 9.97 Å². The van der Waals surface area contributed by atoms with Crippen LogP contribution in [0.3, 0.4) is 0 Å². The van der Waals surface area contributed by atoms with E-state index in [1.807, 2.05) is 47.4 Å². The fourth-order valence-corrected chi connectivity index (χ4v) is 5.30. The second-order valence-electron chi connectivity index (χ2n) is 8.42. The Kier molecular flexibility index (Phi) is 6.59. The van der Waals surface area contributed by atoms with Crippen LogP contribution in [0.2, 0.25) is 0 Å². The third-order valence-corrected chi connectivity index (χ3v) is 7.66. The lowest BCUT2D eigenvalue weighted by molar-refractivity contribution is -0.0492. The Balaban J connectivity index is 1.78. The standard InChI is InChI=1S/C23H26F3N5O2S/c1-16-6-5-9-21-20(16)15-30(34(32,33)23(24,25)26)14-19(11-10-17-7-3-2-4-8-17)31(21)13-18-12-28-22(27)29-18/h2-9,12,19H,10-11,13-15H2,1H3,(H3,27,28,29)/t19-/m0/s1. The van der Waals surface area contributed by atoms with Crippen LogP contribution in [-0.2, 0) is 29.5 Å². The molecule has 0 spiro atoms. The maximum atomic E-state index is 13.6. The minimum absolute atomic E-state index is 0.233. The number of aryl methyl sites for hydroxylation is 2. The summed E-state index contributed by atoms with van der Waals surface area (Å²) in [5.41, 5.74) is 4.02. The molecule has 7 nitrogen and oxygen atoms in total. The zero-order valence-electron chi connectivity index (χ0n) is 18.6. The molecule has 0 saturated carbocycles. The fourth-order valence-electron chi connectivity index (χ4n) is 4.34. The van der Waals surface area contributed by atoms with Crippen LogP contribution < -0.4 is 10.6 Å². The van der Waals surface area contributed by atoms with E-state index in [0.29, 0.717) is 40.6 Å². The van der Waals surface area contributed by atoms with Crippen LogP contribution >= 0.6 is 0 Å². The molecule has 0 aliphatic carbocycles. The van der Waals surface area contributed by atoms with Crippen molar-refractivity contribution >= 4 is 21.7 Å². The number of aromatic amines is 1. The van der Waals surface area contributed by atoms with Gasteiger partial charge < -0.3 is 15.6 Å². The van der Waals surface area contributed by atoms with E-state index < -0.39 is 21.6 Å². The summed E-state index contributed by atoms with van der Waals surface area (Å²) in [6.45, 7) is 1.41. The van der Waals surface area contributed by atoms with E-state index in [1.165, 1.54) is 0 Å². The van der Waals surface area contributed by atoms with Gasteiger partial charge in [0.15, 0.2) is 5.95 Å². The monoisotopic (exact) mass is 493 g/mol. The van der Waals surface area contributed by atoms with Crippen LogP contribution in [-0.4, -0.2) is 40.8 Å². The normalized spacial score (nSPS) is 17.4. The largest absolute Gasteiger partial charge is 0.511 e. The van der Waals surface area contributed by atoms with Crippen molar-refractivity contribution in [3.63, 3.8) is 0 Å². The van der Waals surface area contributed by atoms with Gasteiger partial charge in [-0.1, -0.05) is 42.5 Å². The summed E-state index contributed by atoms with van der Waals surface area (Å²) < 4.78 is 66.3. The van der Waals surface area contributed by atoms with E-state index >= 15 is 0 Å². The molecule has 0 fully saturated rings. The Bertz CT molecular complexity index is 1240. The number of aromatic nitrogens is 2. The van der Waals surface area contributed by atoms with Gasteiger partial charge in [0.25, 0.3) is 0 Å². The third-order valence-electron chi connectivity index (χ3n) is 6.11. The number of hydrogen-bond donors (Lipinski definition) is 2. The first-order valence-electron chi connectivity index (χ1n) is 10.8. The van der Waals surface area contributed by atoms with Gasteiger partial charge in [0, 0.05) is 24.8 Å². The first-order chi connectivity index (χ1) is 16.1. The van der Waals surface area contributed by atoms with Gasteiger partial charge in [-0.15, -0.1) is 0 Å². The minimum atomic E-state index is -5.52. The van der Waals surface area contributed by atoms with Crippen molar-refractivity contribution in [2.75, 3.05) is 17.2 Å². The smallest absolute Gasteiger partial charge is 0.369 e. The van der Waals surface area contributed by atoms with Crippen LogP contribution in [0.1, 0.15) is 28.8 Å². The number of sulfonamides is 1. The zero-order valence-corrected chi connectivity index (χ0v) is 19.4. The van der Waals surface area contributed by atoms with E-state index in [-0.39, 0.29) is 19.0 Å². The lowest BCUT2D eigenvalue weighted by Gasteiger charge is -2.34. The molecule has 2 heterocycles. The highest BCUT2D eigenvalue weighted by Crippen LogP contribution is 2.37. The van der Waals surface area contributed by atoms with Crippen molar-refractivity contribution < 1.29 is 21.6 Å². The van der Waals surface area contributed by atoms with E-state index in [0.717, 1.165) is 11.1 Å². The molecule has 1 aromatic heterocycles. The molecule has 0 bridgehead atoms. The molecule has 3 aromatic rings.